The van der Waals surface area contributed by atoms with Gasteiger partial charge in [0.2, 0.25) is 5.91 Å². The molecule has 0 radical (unpaired) electrons. The summed E-state index contributed by atoms with van der Waals surface area (Å²) in [5.41, 5.74) is 0.645. The molecule has 1 aromatic carbocycles. The summed E-state index contributed by atoms with van der Waals surface area (Å²) in [4.78, 5) is 14.0. The third kappa shape index (κ3) is 6.21. The number of alkyl halides is 3. The molecule has 0 spiro atoms. The van der Waals surface area contributed by atoms with Crippen LogP contribution in [0, 0.1) is 0 Å². The van der Waals surface area contributed by atoms with E-state index in [-0.39, 0.29) is 30.1 Å². The van der Waals surface area contributed by atoms with E-state index in [1.54, 1.807) is 20.2 Å². The first-order chi connectivity index (χ1) is 11.8. The van der Waals surface area contributed by atoms with Crippen molar-refractivity contribution in [3.8, 4) is 5.75 Å². The largest absolute Gasteiger partial charge is 0.573 e. The summed E-state index contributed by atoms with van der Waals surface area (Å²) in [7, 11) is 3.20. The average molecular weight is 360 g/mol. The second-order valence-corrected chi connectivity index (χ2v) is 6.10. The minimum atomic E-state index is -4.74. The van der Waals surface area contributed by atoms with Crippen molar-refractivity contribution in [2.45, 2.75) is 31.2 Å². The van der Waals surface area contributed by atoms with Gasteiger partial charge in [0, 0.05) is 46.1 Å². The highest BCUT2D eigenvalue weighted by molar-refractivity contribution is 5.76. The third-order valence-corrected chi connectivity index (χ3v) is 4.31. The lowest BCUT2D eigenvalue weighted by Crippen LogP contribution is -2.31. The van der Waals surface area contributed by atoms with Crippen LogP contribution in [0.4, 0.5) is 13.2 Å². The number of ether oxygens (including phenoxy) is 2. The van der Waals surface area contributed by atoms with Gasteiger partial charge in [-0.05, 0) is 24.1 Å². The van der Waals surface area contributed by atoms with E-state index in [0.29, 0.717) is 12.1 Å². The van der Waals surface area contributed by atoms with E-state index < -0.39 is 6.36 Å². The lowest BCUT2D eigenvalue weighted by molar-refractivity contribution is -0.274. The number of nitrogens with one attached hydrogen (secondary N) is 1. The van der Waals surface area contributed by atoms with Gasteiger partial charge in [0.25, 0.3) is 0 Å². The number of carbonyl (C=O) groups excluding carboxylic acids is 1. The number of amides is 1. The zero-order chi connectivity index (χ0) is 18.4. The molecule has 0 bridgehead atoms. The molecule has 0 aliphatic carbocycles. The van der Waals surface area contributed by atoms with Crippen LogP contribution in [0.5, 0.6) is 5.75 Å². The molecule has 0 unspecified atom stereocenters. The standard InChI is InChI=1S/C17H23F3N2O3/c1-21-16(23)9-13(10-22-7-6-15(11-22)24-2)12-4-3-5-14(8-12)25-17(18,19)20/h3-5,8,13,15H,6-7,9-11H2,1-2H3,(H,21,23)/t13-,15+/m1/s1. The fraction of sp³-hybridized carbons (Fsp3) is 0.588. The summed E-state index contributed by atoms with van der Waals surface area (Å²) in [5, 5.41) is 2.57. The Hall–Kier alpha value is -1.80. The van der Waals surface area contributed by atoms with E-state index in [1.807, 2.05) is 0 Å². The van der Waals surface area contributed by atoms with E-state index in [1.165, 1.54) is 18.2 Å². The molecular weight excluding hydrogens is 337 g/mol. The topological polar surface area (TPSA) is 50.8 Å². The predicted octanol–water partition coefficient (Wildman–Crippen LogP) is 2.53. The van der Waals surface area contributed by atoms with Gasteiger partial charge in [0.05, 0.1) is 6.10 Å². The van der Waals surface area contributed by atoms with Gasteiger partial charge in [-0.15, -0.1) is 13.2 Å². The van der Waals surface area contributed by atoms with E-state index in [4.69, 9.17) is 4.74 Å². The zero-order valence-corrected chi connectivity index (χ0v) is 14.3. The number of halogens is 3. The SMILES string of the molecule is CNC(=O)C[C@H](CN1CC[C@H](OC)C1)c1cccc(OC(F)(F)F)c1. The summed E-state index contributed by atoms with van der Waals surface area (Å²) < 4.78 is 46.7. The first-order valence-electron chi connectivity index (χ1n) is 8.12. The average Bonchev–Trinajstić information content (AvgIpc) is 3.00. The summed E-state index contributed by atoms with van der Waals surface area (Å²) in [6.07, 6.45) is -3.49. The van der Waals surface area contributed by atoms with Crippen LogP contribution in [0.1, 0.15) is 24.3 Å². The molecule has 1 amide bonds. The number of hydrogen-bond acceptors (Lipinski definition) is 4. The minimum Gasteiger partial charge on any atom is -0.406 e. The van der Waals surface area contributed by atoms with Crippen molar-refractivity contribution in [2.75, 3.05) is 33.8 Å². The monoisotopic (exact) mass is 360 g/mol. The zero-order valence-electron chi connectivity index (χ0n) is 14.3. The summed E-state index contributed by atoms with van der Waals surface area (Å²) in [6, 6.07) is 5.84. The van der Waals surface area contributed by atoms with Crippen LogP contribution >= 0.6 is 0 Å². The van der Waals surface area contributed by atoms with Crippen LogP contribution in [0.15, 0.2) is 24.3 Å². The Balaban J connectivity index is 2.14. The van der Waals surface area contributed by atoms with Gasteiger partial charge in [-0.3, -0.25) is 4.79 Å². The second kappa shape index (κ2) is 8.53. The molecule has 0 saturated carbocycles. The first-order valence-corrected chi connectivity index (χ1v) is 8.12. The molecule has 1 heterocycles. The lowest BCUT2D eigenvalue weighted by atomic mass is 9.94. The molecule has 1 aliphatic heterocycles. The molecule has 0 aromatic heterocycles. The molecule has 8 heteroatoms. The van der Waals surface area contributed by atoms with Crippen molar-refractivity contribution < 1.29 is 27.4 Å². The molecule has 25 heavy (non-hydrogen) atoms. The number of hydrogen-bond donors (Lipinski definition) is 1. The molecule has 5 nitrogen and oxygen atoms in total. The van der Waals surface area contributed by atoms with Crippen molar-refractivity contribution >= 4 is 5.91 Å². The lowest BCUT2D eigenvalue weighted by Gasteiger charge is -2.24. The Morgan fingerprint density at radius 1 is 1.44 bits per heavy atom. The van der Waals surface area contributed by atoms with E-state index in [0.717, 1.165) is 19.5 Å². The number of likely N-dealkylation sites (tertiary alicyclic amines) is 1. The molecule has 1 N–H and O–H groups in total. The maximum Gasteiger partial charge on any atom is 0.573 e. The van der Waals surface area contributed by atoms with Gasteiger partial charge in [-0.2, -0.15) is 0 Å². The Morgan fingerprint density at radius 3 is 2.80 bits per heavy atom. The highest BCUT2D eigenvalue weighted by Gasteiger charge is 2.32. The summed E-state index contributed by atoms with van der Waals surface area (Å²) in [5.74, 6) is -0.662. The molecule has 1 aromatic rings. The Morgan fingerprint density at radius 2 is 2.20 bits per heavy atom. The summed E-state index contributed by atoms with van der Waals surface area (Å²) >= 11 is 0. The van der Waals surface area contributed by atoms with Gasteiger partial charge >= 0.3 is 6.36 Å². The third-order valence-electron chi connectivity index (χ3n) is 4.31. The Labute approximate surface area is 145 Å². The smallest absolute Gasteiger partial charge is 0.406 e. The molecular formula is C17H23F3N2O3. The molecule has 2 atom stereocenters. The molecule has 140 valence electrons. The van der Waals surface area contributed by atoms with E-state index in [2.05, 4.69) is 15.0 Å². The van der Waals surface area contributed by atoms with Crippen molar-refractivity contribution in [1.82, 2.24) is 10.2 Å². The molecule has 1 saturated heterocycles. The quantitative estimate of drug-likeness (QED) is 0.812. The fourth-order valence-electron chi connectivity index (χ4n) is 3.05. The number of carbonyl (C=O) groups is 1. The van der Waals surface area contributed by atoms with Crippen LogP contribution < -0.4 is 10.1 Å². The number of rotatable bonds is 7. The van der Waals surface area contributed by atoms with Gasteiger partial charge in [-0.1, -0.05) is 12.1 Å². The second-order valence-electron chi connectivity index (χ2n) is 6.10. The maximum atomic E-state index is 12.4. The molecule has 1 fully saturated rings. The number of benzene rings is 1. The predicted molar refractivity (Wildman–Crippen MR) is 86.4 cm³/mol. The maximum absolute atomic E-state index is 12.4. The van der Waals surface area contributed by atoms with E-state index >= 15 is 0 Å². The van der Waals surface area contributed by atoms with Gasteiger partial charge < -0.3 is 19.7 Å². The highest BCUT2D eigenvalue weighted by atomic mass is 19.4. The van der Waals surface area contributed by atoms with Crippen LogP contribution in [0.2, 0.25) is 0 Å². The fourth-order valence-corrected chi connectivity index (χ4v) is 3.05. The van der Waals surface area contributed by atoms with Crippen molar-refractivity contribution in [3.63, 3.8) is 0 Å². The highest BCUT2D eigenvalue weighted by Crippen LogP contribution is 2.29. The van der Waals surface area contributed by atoms with Crippen LogP contribution in [-0.2, 0) is 9.53 Å². The molecule has 1 aliphatic rings. The van der Waals surface area contributed by atoms with E-state index in [9.17, 15) is 18.0 Å². The summed E-state index contributed by atoms with van der Waals surface area (Å²) in [6.45, 7) is 2.16. The number of methoxy groups -OCH3 is 1. The normalized spacial score (nSPS) is 19.6. The first kappa shape index (κ1) is 19.5. The van der Waals surface area contributed by atoms with Crippen molar-refractivity contribution in [2.24, 2.45) is 0 Å². The number of nitrogens with zero attached hydrogens (tertiary/aromatic N) is 1. The van der Waals surface area contributed by atoms with Gasteiger partial charge in [-0.25, -0.2) is 0 Å². The Bertz CT molecular complexity index is 581. The van der Waals surface area contributed by atoms with Crippen molar-refractivity contribution in [3.05, 3.63) is 29.8 Å². The van der Waals surface area contributed by atoms with Crippen LogP contribution in [-0.4, -0.2) is 57.1 Å². The minimum absolute atomic E-state index is 0.153. The van der Waals surface area contributed by atoms with Crippen LogP contribution in [0.3, 0.4) is 0 Å². The van der Waals surface area contributed by atoms with Crippen LogP contribution in [0.25, 0.3) is 0 Å². The van der Waals surface area contributed by atoms with Gasteiger partial charge in [0.1, 0.15) is 5.75 Å². The van der Waals surface area contributed by atoms with Crippen molar-refractivity contribution in [1.29, 1.82) is 0 Å². The van der Waals surface area contributed by atoms with Gasteiger partial charge in [0.15, 0.2) is 0 Å². The molecule has 2 rings (SSSR count). The Kier molecular flexibility index (Phi) is 6.66.